The molecule has 2 aromatic carbocycles. The van der Waals surface area contributed by atoms with Crippen LogP contribution in [0.15, 0.2) is 54.9 Å². The number of ether oxygens (including phenoxy) is 1. The second-order valence-electron chi connectivity index (χ2n) is 8.10. The number of aromatic nitrogens is 3. The number of pyridine rings is 1. The first kappa shape index (κ1) is 21.8. The highest BCUT2D eigenvalue weighted by atomic mass is 19.1. The Morgan fingerprint density at radius 2 is 1.76 bits per heavy atom. The highest BCUT2D eigenvalue weighted by molar-refractivity contribution is 5.88. The molecule has 4 aromatic rings. The lowest BCUT2D eigenvalue weighted by Gasteiger charge is -2.28. The van der Waals surface area contributed by atoms with E-state index in [1.54, 1.807) is 0 Å². The largest absolute Gasteiger partial charge is 0.457 e. The third-order valence-corrected chi connectivity index (χ3v) is 5.77. The normalized spacial score (nSPS) is 13.7. The predicted octanol–water partition coefficient (Wildman–Crippen LogP) is 4.46. The molecule has 9 heteroatoms. The Hall–Kier alpha value is -3.98. The summed E-state index contributed by atoms with van der Waals surface area (Å²) in [7, 11) is 1.88. The van der Waals surface area contributed by atoms with Crippen LogP contribution >= 0.6 is 0 Å². The Morgan fingerprint density at radius 1 is 1.00 bits per heavy atom. The average molecular weight is 460 g/mol. The van der Waals surface area contributed by atoms with Gasteiger partial charge in [-0.1, -0.05) is 0 Å². The van der Waals surface area contributed by atoms with E-state index >= 15 is 0 Å². The van der Waals surface area contributed by atoms with Crippen molar-refractivity contribution in [3.63, 3.8) is 0 Å². The lowest BCUT2D eigenvalue weighted by atomic mass is 10.2. The van der Waals surface area contributed by atoms with Gasteiger partial charge < -0.3 is 25.6 Å². The van der Waals surface area contributed by atoms with Crippen LogP contribution in [0.25, 0.3) is 11.0 Å². The number of halogens is 1. The second kappa shape index (κ2) is 9.48. The van der Waals surface area contributed by atoms with Gasteiger partial charge >= 0.3 is 0 Å². The molecule has 0 aliphatic carbocycles. The third-order valence-electron chi connectivity index (χ3n) is 5.77. The number of fused-ring (bicyclic) bond motifs is 1. The van der Waals surface area contributed by atoms with Gasteiger partial charge in [-0.3, -0.25) is 0 Å². The number of hydrogen-bond acceptors (Lipinski definition) is 8. The van der Waals surface area contributed by atoms with Crippen LogP contribution in [-0.4, -0.2) is 48.2 Å². The molecular formula is C25H26FN7O. The molecule has 1 aliphatic heterocycles. The summed E-state index contributed by atoms with van der Waals surface area (Å²) in [5.41, 5.74) is 3.79. The molecule has 1 fully saturated rings. The van der Waals surface area contributed by atoms with Crippen molar-refractivity contribution in [2.45, 2.75) is 6.92 Å². The maximum absolute atomic E-state index is 14.8. The standard InChI is InChI=1S/C25H26FN7O/c1-16-13-18(5-8-22(16)34-19-6-3-17(27-2)4-7-19)31-24-23-21(29-15-30-24)14-20(26)25(32-23)33-11-9-28-10-12-33/h3-8,13-15,27-28H,9-12H2,1-2H3,(H,29,30,31). The lowest BCUT2D eigenvalue weighted by molar-refractivity contribution is 0.479. The van der Waals surface area contributed by atoms with Crippen molar-refractivity contribution in [2.24, 2.45) is 0 Å². The molecule has 0 radical (unpaired) electrons. The number of nitrogens with one attached hydrogen (secondary N) is 3. The van der Waals surface area contributed by atoms with Gasteiger partial charge in [0.2, 0.25) is 0 Å². The summed E-state index contributed by atoms with van der Waals surface area (Å²) in [6.07, 6.45) is 1.41. The van der Waals surface area contributed by atoms with E-state index in [0.29, 0.717) is 35.8 Å². The van der Waals surface area contributed by atoms with Crippen molar-refractivity contribution in [1.82, 2.24) is 20.3 Å². The van der Waals surface area contributed by atoms with Gasteiger partial charge in [0.1, 0.15) is 23.3 Å². The van der Waals surface area contributed by atoms with Gasteiger partial charge in [0.05, 0.1) is 5.52 Å². The van der Waals surface area contributed by atoms with Crippen molar-refractivity contribution in [1.29, 1.82) is 0 Å². The van der Waals surface area contributed by atoms with Gasteiger partial charge in [0.15, 0.2) is 17.5 Å². The molecule has 3 N–H and O–H groups in total. The minimum Gasteiger partial charge on any atom is -0.457 e. The molecule has 0 amide bonds. The minimum absolute atomic E-state index is 0.330. The maximum atomic E-state index is 14.8. The van der Waals surface area contributed by atoms with E-state index < -0.39 is 0 Å². The van der Waals surface area contributed by atoms with Gasteiger partial charge in [-0.05, 0) is 55.0 Å². The SMILES string of the molecule is CNc1ccc(Oc2ccc(Nc3ncnc4cc(F)c(N5CCNCC5)nc34)cc2C)cc1. The van der Waals surface area contributed by atoms with Crippen LogP contribution in [0.2, 0.25) is 0 Å². The minimum atomic E-state index is -0.376. The fraction of sp³-hybridized carbons (Fsp3) is 0.240. The average Bonchev–Trinajstić information content (AvgIpc) is 2.86. The lowest BCUT2D eigenvalue weighted by Crippen LogP contribution is -2.44. The Labute approximate surface area is 197 Å². The van der Waals surface area contributed by atoms with E-state index in [1.165, 1.54) is 12.4 Å². The molecule has 8 nitrogen and oxygen atoms in total. The molecule has 3 heterocycles. The topological polar surface area (TPSA) is 87.2 Å². The molecule has 0 saturated carbocycles. The molecule has 0 atom stereocenters. The number of aryl methyl sites for hydroxylation is 1. The summed E-state index contributed by atoms with van der Waals surface area (Å²) in [4.78, 5) is 15.1. The summed E-state index contributed by atoms with van der Waals surface area (Å²) in [5, 5.41) is 9.68. The molecule has 2 aromatic heterocycles. The second-order valence-corrected chi connectivity index (χ2v) is 8.10. The first-order valence-electron chi connectivity index (χ1n) is 11.2. The third kappa shape index (κ3) is 4.55. The molecule has 1 aliphatic rings. The van der Waals surface area contributed by atoms with Gasteiger partial charge in [-0.25, -0.2) is 19.3 Å². The van der Waals surface area contributed by atoms with E-state index in [2.05, 4.69) is 30.9 Å². The molecular weight excluding hydrogens is 433 g/mol. The van der Waals surface area contributed by atoms with Crippen molar-refractivity contribution < 1.29 is 9.13 Å². The maximum Gasteiger partial charge on any atom is 0.167 e. The molecule has 34 heavy (non-hydrogen) atoms. The van der Waals surface area contributed by atoms with Crippen molar-refractivity contribution in [2.75, 3.05) is 48.8 Å². The number of rotatable bonds is 6. The van der Waals surface area contributed by atoms with E-state index in [9.17, 15) is 4.39 Å². The van der Waals surface area contributed by atoms with Crippen molar-refractivity contribution >= 4 is 34.0 Å². The molecule has 5 rings (SSSR count). The summed E-state index contributed by atoms with van der Waals surface area (Å²) in [5.74, 6) is 2.00. The van der Waals surface area contributed by atoms with E-state index in [4.69, 9.17) is 4.74 Å². The quantitative estimate of drug-likeness (QED) is 0.390. The van der Waals surface area contributed by atoms with Crippen LogP contribution in [-0.2, 0) is 0 Å². The molecule has 0 unspecified atom stereocenters. The van der Waals surface area contributed by atoms with Gasteiger partial charge in [0, 0.05) is 50.7 Å². The monoisotopic (exact) mass is 459 g/mol. The number of hydrogen-bond donors (Lipinski definition) is 3. The smallest absolute Gasteiger partial charge is 0.167 e. The van der Waals surface area contributed by atoms with Crippen molar-refractivity contribution in [3.05, 3.63) is 66.2 Å². The van der Waals surface area contributed by atoms with Crippen LogP contribution in [0, 0.1) is 12.7 Å². The van der Waals surface area contributed by atoms with Crippen LogP contribution in [0.3, 0.4) is 0 Å². The first-order valence-corrected chi connectivity index (χ1v) is 11.2. The highest BCUT2D eigenvalue weighted by Gasteiger charge is 2.19. The Bertz CT molecular complexity index is 1310. The summed E-state index contributed by atoms with van der Waals surface area (Å²) < 4.78 is 20.8. The van der Waals surface area contributed by atoms with Gasteiger partial charge in [-0.2, -0.15) is 0 Å². The fourth-order valence-corrected chi connectivity index (χ4v) is 3.94. The molecule has 0 spiro atoms. The van der Waals surface area contributed by atoms with Crippen LogP contribution in [0.4, 0.5) is 27.4 Å². The van der Waals surface area contributed by atoms with Crippen LogP contribution < -0.4 is 25.6 Å². The number of benzene rings is 2. The summed E-state index contributed by atoms with van der Waals surface area (Å²) in [6, 6.07) is 15.0. The zero-order valence-electron chi connectivity index (χ0n) is 19.1. The fourth-order valence-electron chi connectivity index (χ4n) is 3.94. The predicted molar refractivity (Wildman–Crippen MR) is 133 cm³/mol. The highest BCUT2D eigenvalue weighted by Crippen LogP contribution is 2.31. The molecule has 0 bridgehead atoms. The Morgan fingerprint density at radius 3 is 2.50 bits per heavy atom. The van der Waals surface area contributed by atoms with Gasteiger partial charge in [-0.15, -0.1) is 0 Å². The molecule has 1 saturated heterocycles. The first-order chi connectivity index (χ1) is 16.6. The summed E-state index contributed by atoms with van der Waals surface area (Å²) in [6.45, 7) is 4.97. The summed E-state index contributed by atoms with van der Waals surface area (Å²) >= 11 is 0. The Kier molecular flexibility index (Phi) is 6.09. The zero-order valence-corrected chi connectivity index (χ0v) is 19.1. The number of nitrogens with zero attached hydrogens (tertiary/aromatic N) is 4. The molecule has 174 valence electrons. The van der Waals surface area contributed by atoms with E-state index in [0.717, 1.165) is 41.5 Å². The van der Waals surface area contributed by atoms with Gasteiger partial charge in [0.25, 0.3) is 0 Å². The van der Waals surface area contributed by atoms with Crippen LogP contribution in [0.5, 0.6) is 11.5 Å². The van der Waals surface area contributed by atoms with Crippen LogP contribution in [0.1, 0.15) is 5.56 Å². The zero-order chi connectivity index (χ0) is 23.5. The van der Waals surface area contributed by atoms with Crippen molar-refractivity contribution in [3.8, 4) is 11.5 Å². The number of anilines is 4. The number of piperazine rings is 1. The van der Waals surface area contributed by atoms with E-state index in [-0.39, 0.29) is 5.82 Å². The van der Waals surface area contributed by atoms with E-state index in [1.807, 2.05) is 61.3 Å². The Balaban J connectivity index is 1.40.